The number of amides is 1. The third kappa shape index (κ3) is 5.03. The molecule has 2 aromatic carbocycles. The first-order valence-electron chi connectivity index (χ1n) is 9.63. The van der Waals surface area contributed by atoms with E-state index in [1.165, 1.54) is 28.7 Å². The summed E-state index contributed by atoms with van der Waals surface area (Å²) in [4.78, 5) is 12.5. The average molecular weight is 443 g/mol. The van der Waals surface area contributed by atoms with Crippen molar-refractivity contribution in [2.24, 2.45) is 0 Å². The molecule has 1 aromatic heterocycles. The Balaban J connectivity index is 1.28. The molecule has 0 saturated carbocycles. The van der Waals surface area contributed by atoms with E-state index >= 15 is 0 Å². The molecule has 0 unspecified atom stereocenters. The minimum atomic E-state index is -0.288. The van der Waals surface area contributed by atoms with Crippen molar-refractivity contribution in [3.05, 3.63) is 53.6 Å². The third-order valence-electron chi connectivity index (χ3n) is 4.57. The lowest BCUT2D eigenvalue weighted by molar-refractivity contribution is -0.120. The summed E-state index contributed by atoms with van der Waals surface area (Å²) in [7, 11) is 0. The van der Waals surface area contributed by atoms with Gasteiger partial charge in [0.25, 0.3) is 0 Å². The first-order valence-corrected chi connectivity index (χ1v) is 11.3. The van der Waals surface area contributed by atoms with Gasteiger partial charge >= 0.3 is 0 Å². The molecule has 3 aromatic rings. The molecule has 1 atom stereocenters. The van der Waals surface area contributed by atoms with Gasteiger partial charge in [0.15, 0.2) is 15.8 Å². The van der Waals surface area contributed by atoms with Crippen LogP contribution in [0.4, 0.5) is 10.8 Å². The van der Waals surface area contributed by atoms with Crippen molar-refractivity contribution in [2.75, 3.05) is 12.1 Å². The number of anilines is 2. The van der Waals surface area contributed by atoms with Gasteiger partial charge < -0.3 is 20.1 Å². The molecular weight excluding hydrogens is 420 g/mol. The Morgan fingerprint density at radius 2 is 1.90 bits per heavy atom. The molecule has 7 nitrogen and oxygen atoms in total. The molecule has 0 saturated heterocycles. The molecule has 2 N–H and O–H groups in total. The molecule has 9 heteroatoms. The maximum absolute atomic E-state index is 12.5. The average Bonchev–Trinajstić information content (AvgIpc) is 3.41. The summed E-state index contributed by atoms with van der Waals surface area (Å²) in [6.45, 7) is 4.65. The first-order chi connectivity index (χ1) is 14.6. The second-order valence-corrected chi connectivity index (χ2v) is 9.28. The Bertz CT molecular complexity index is 1020. The number of hydrogen-bond donors (Lipinski definition) is 2. The van der Waals surface area contributed by atoms with Gasteiger partial charge in [0.1, 0.15) is 0 Å². The number of nitrogens with one attached hydrogen (secondary N) is 2. The second kappa shape index (κ2) is 9.36. The van der Waals surface area contributed by atoms with E-state index < -0.39 is 0 Å². The number of carbonyl (C=O) groups is 1. The van der Waals surface area contributed by atoms with Crippen LogP contribution in [0.3, 0.4) is 0 Å². The summed E-state index contributed by atoms with van der Waals surface area (Å²) in [6.07, 6.45) is 1.01. The van der Waals surface area contributed by atoms with Crippen LogP contribution in [0.1, 0.15) is 25.0 Å². The number of aromatic nitrogens is 2. The van der Waals surface area contributed by atoms with E-state index in [1.54, 1.807) is 0 Å². The van der Waals surface area contributed by atoms with E-state index in [-0.39, 0.29) is 18.0 Å². The highest BCUT2D eigenvalue weighted by Gasteiger charge is 2.18. The Morgan fingerprint density at radius 3 is 2.70 bits per heavy atom. The van der Waals surface area contributed by atoms with Gasteiger partial charge in [-0.25, -0.2) is 0 Å². The van der Waals surface area contributed by atoms with Crippen LogP contribution in [0, 0.1) is 0 Å². The zero-order chi connectivity index (χ0) is 20.9. The molecule has 1 amide bonds. The molecule has 156 valence electrons. The highest BCUT2D eigenvalue weighted by atomic mass is 32.2. The fourth-order valence-electron chi connectivity index (χ4n) is 2.84. The fraction of sp³-hybridized carbons (Fsp3) is 0.286. The zero-order valence-corrected chi connectivity index (χ0v) is 18.3. The van der Waals surface area contributed by atoms with Gasteiger partial charge in [-0.1, -0.05) is 48.2 Å². The predicted molar refractivity (Wildman–Crippen MR) is 119 cm³/mol. The Hall–Kier alpha value is -2.78. The molecule has 0 radical (unpaired) electrons. The number of nitrogens with zero attached hydrogens (tertiary/aromatic N) is 2. The molecule has 0 aliphatic carbocycles. The number of fused-ring (bicyclic) bond motifs is 1. The quantitative estimate of drug-likeness (QED) is 0.501. The van der Waals surface area contributed by atoms with Gasteiger partial charge in [0.2, 0.25) is 17.8 Å². The fourth-order valence-corrected chi connectivity index (χ4v) is 4.78. The van der Waals surface area contributed by atoms with E-state index in [1.807, 2.05) is 37.3 Å². The predicted octanol–water partition coefficient (Wildman–Crippen LogP) is 4.37. The first kappa shape index (κ1) is 20.5. The maximum Gasteiger partial charge on any atom is 0.233 e. The molecular formula is C21H22N4O3S2. The summed E-state index contributed by atoms with van der Waals surface area (Å²) in [6, 6.07) is 13.9. The number of hydrogen-bond acceptors (Lipinski definition) is 8. The monoisotopic (exact) mass is 442 g/mol. The Kier molecular flexibility index (Phi) is 6.39. The van der Waals surface area contributed by atoms with Crippen molar-refractivity contribution in [3.8, 4) is 11.5 Å². The number of thioether (sulfide) groups is 1. The van der Waals surface area contributed by atoms with E-state index in [2.05, 4.69) is 39.9 Å². The molecule has 0 spiro atoms. The van der Waals surface area contributed by atoms with Crippen LogP contribution in [-0.4, -0.2) is 28.1 Å². The molecule has 1 aliphatic heterocycles. The van der Waals surface area contributed by atoms with Gasteiger partial charge in [-0.2, -0.15) is 0 Å². The van der Waals surface area contributed by atoms with Crippen LogP contribution >= 0.6 is 23.1 Å². The van der Waals surface area contributed by atoms with Gasteiger partial charge in [-0.3, -0.25) is 4.79 Å². The lowest BCUT2D eigenvalue weighted by Crippen LogP contribution is -2.30. The molecule has 2 heterocycles. The summed E-state index contributed by atoms with van der Waals surface area (Å²) < 4.78 is 11.4. The summed E-state index contributed by atoms with van der Waals surface area (Å²) in [5, 5.41) is 15.0. The number of aryl methyl sites for hydroxylation is 1. The van der Waals surface area contributed by atoms with E-state index in [9.17, 15) is 4.79 Å². The van der Waals surface area contributed by atoms with E-state index in [0.717, 1.165) is 27.8 Å². The number of ether oxygens (including phenoxy) is 2. The lowest BCUT2D eigenvalue weighted by atomic mass is 10.1. The SMILES string of the molecule is CCc1ccc(Nc2nnc(S[C@@H](C)C(=O)NCc3ccc4c(c3)OCO4)s2)cc1. The summed E-state index contributed by atoms with van der Waals surface area (Å²) >= 11 is 2.82. The summed E-state index contributed by atoms with van der Waals surface area (Å²) in [5.74, 6) is 1.39. The van der Waals surface area contributed by atoms with Crippen LogP contribution in [0.2, 0.25) is 0 Å². The highest BCUT2D eigenvalue weighted by Crippen LogP contribution is 2.33. The second-order valence-electron chi connectivity index (χ2n) is 6.71. The smallest absolute Gasteiger partial charge is 0.233 e. The molecule has 4 rings (SSSR count). The van der Waals surface area contributed by atoms with Crippen LogP contribution in [-0.2, 0) is 17.8 Å². The third-order valence-corrected chi connectivity index (χ3v) is 6.59. The number of carbonyl (C=O) groups excluding carboxylic acids is 1. The van der Waals surface area contributed by atoms with Crippen molar-refractivity contribution < 1.29 is 14.3 Å². The largest absolute Gasteiger partial charge is 0.454 e. The normalized spacial score (nSPS) is 13.1. The minimum Gasteiger partial charge on any atom is -0.454 e. The number of benzene rings is 2. The minimum absolute atomic E-state index is 0.0578. The van der Waals surface area contributed by atoms with Crippen molar-refractivity contribution in [1.29, 1.82) is 0 Å². The zero-order valence-electron chi connectivity index (χ0n) is 16.7. The maximum atomic E-state index is 12.5. The van der Waals surface area contributed by atoms with Crippen molar-refractivity contribution in [1.82, 2.24) is 15.5 Å². The molecule has 30 heavy (non-hydrogen) atoms. The Labute approximate surface area is 183 Å². The standard InChI is InChI=1S/C21H22N4O3S2/c1-3-14-4-7-16(8-5-14)23-20-24-25-21(30-20)29-13(2)19(26)22-11-15-6-9-17-18(10-15)28-12-27-17/h4-10,13H,3,11-12H2,1-2H3,(H,22,26)(H,23,24)/t13-/m0/s1. The van der Waals surface area contributed by atoms with Gasteiger partial charge in [-0.15, -0.1) is 10.2 Å². The van der Waals surface area contributed by atoms with Gasteiger partial charge in [-0.05, 0) is 48.7 Å². The van der Waals surface area contributed by atoms with Crippen LogP contribution < -0.4 is 20.1 Å². The summed E-state index contributed by atoms with van der Waals surface area (Å²) in [5.41, 5.74) is 3.21. The van der Waals surface area contributed by atoms with Crippen molar-refractivity contribution in [3.63, 3.8) is 0 Å². The van der Waals surface area contributed by atoms with Crippen LogP contribution in [0.15, 0.2) is 46.8 Å². The van der Waals surface area contributed by atoms with Crippen molar-refractivity contribution in [2.45, 2.75) is 36.4 Å². The lowest BCUT2D eigenvalue weighted by Gasteiger charge is -2.10. The van der Waals surface area contributed by atoms with Gasteiger partial charge in [0.05, 0.1) is 5.25 Å². The Morgan fingerprint density at radius 1 is 1.13 bits per heavy atom. The van der Waals surface area contributed by atoms with Crippen molar-refractivity contribution >= 4 is 39.8 Å². The molecule has 0 fully saturated rings. The molecule has 1 aliphatic rings. The van der Waals surface area contributed by atoms with E-state index in [0.29, 0.717) is 17.4 Å². The molecule has 0 bridgehead atoms. The highest BCUT2D eigenvalue weighted by molar-refractivity contribution is 8.02. The van der Waals surface area contributed by atoms with Crippen LogP contribution in [0.25, 0.3) is 0 Å². The number of rotatable bonds is 8. The van der Waals surface area contributed by atoms with Crippen LogP contribution in [0.5, 0.6) is 11.5 Å². The topological polar surface area (TPSA) is 85.4 Å². The van der Waals surface area contributed by atoms with Gasteiger partial charge in [0, 0.05) is 12.2 Å². The van der Waals surface area contributed by atoms with E-state index in [4.69, 9.17) is 9.47 Å².